The average molecular weight is 168 g/mol. The van der Waals surface area contributed by atoms with Gasteiger partial charge in [-0.2, -0.15) is 0 Å². The van der Waals surface area contributed by atoms with Gasteiger partial charge in [-0.1, -0.05) is 5.57 Å². The summed E-state index contributed by atoms with van der Waals surface area (Å²) in [6, 6.07) is 0. The third kappa shape index (κ3) is 1.15. The molecule has 0 aromatic carbocycles. The van der Waals surface area contributed by atoms with Crippen LogP contribution in [0.3, 0.4) is 0 Å². The standard InChI is InChI=1S/C10H13FO/c1-7-4-5-9(11)10-8(7)3-2-6-12-10/h2-6H2,1H3. The van der Waals surface area contributed by atoms with E-state index < -0.39 is 0 Å². The molecule has 2 aliphatic rings. The van der Waals surface area contributed by atoms with Crippen molar-refractivity contribution >= 4 is 0 Å². The fourth-order valence-electron chi connectivity index (χ4n) is 1.83. The summed E-state index contributed by atoms with van der Waals surface area (Å²) in [5, 5.41) is 0. The largest absolute Gasteiger partial charge is 0.491 e. The first-order chi connectivity index (χ1) is 5.79. The van der Waals surface area contributed by atoms with Crippen molar-refractivity contribution in [1.29, 1.82) is 0 Å². The third-order valence-corrected chi connectivity index (χ3v) is 2.57. The van der Waals surface area contributed by atoms with E-state index in [4.69, 9.17) is 4.74 Å². The SMILES string of the molecule is CC1=C2CCCOC2=C(F)CC1. The smallest absolute Gasteiger partial charge is 0.153 e. The molecule has 0 bridgehead atoms. The minimum atomic E-state index is -0.0460. The summed E-state index contributed by atoms with van der Waals surface area (Å²) in [4.78, 5) is 0. The highest BCUT2D eigenvalue weighted by Crippen LogP contribution is 2.36. The van der Waals surface area contributed by atoms with Crippen LogP contribution in [0, 0.1) is 0 Å². The predicted molar refractivity (Wildman–Crippen MR) is 45.3 cm³/mol. The lowest BCUT2D eigenvalue weighted by Crippen LogP contribution is -2.12. The molecule has 0 atom stereocenters. The summed E-state index contributed by atoms with van der Waals surface area (Å²) < 4.78 is 18.5. The molecule has 12 heavy (non-hydrogen) atoms. The molecule has 66 valence electrons. The Morgan fingerprint density at radius 3 is 2.83 bits per heavy atom. The van der Waals surface area contributed by atoms with Gasteiger partial charge in [-0.3, -0.25) is 0 Å². The quantitative estimate of drug-likeness (QED) is 0.540. The van der Waals surface area contributed by atoms with Crippen LogP contribution in [0.4, 0.5) is 4.39 Å². The van der Waals surface area contributed by atoms with Crippen LogP contribution in [0.1, 0.15) is 32.6 Å². The summed E-state index contributed by atoms with van der Waals surface area (Å²) in [6.45, 7) is 2.76. The highest BCUT2D eigenvalue weighted by molar-refractivity contribution is 5.37. The maximum absolute atomic E-state index is 13.2. The Morgan fingerprint density at radius 2 is 2.08 bits per heavy atom. The second-order valence-electron chi connectivity index (χ2n) is 3.44. The maximum Gasteiger partial charge on any atom is 0.153 e. The Balaban J connectivity index is 2.37. The molecule has 2 heteroatoms. The molecule has 1 fully saturated rings. The lowest BCUT2D eigenvalue weighted by atomic mass is 9.92. The minimum absolute atomic E-state index is 0.0460. The molecule has 0 saturated carbocycles. The van der Waals surface area contributed by atoms with Crippen LogP contribution >= 0.6 is 0 Å². The van der Waals surface area contributed by atoms with E-state index in [1.807, 2.05) is 0 Å². The number of rotatable bonds is 0. The zero-order valence-corrected chi connectivity index (χ0v) is 7.32. The maximum atomic E-state index is 13.2. The van der Waals surface area contributed by atoms with Crippen molar-refractivity contribution in [1.82, 2.24) is 0 Å². The molecule has 2 rings (SSSR count). The molecule has 1 saturated heterocycles. The summed E-state index contributed by atoms with van der Waals surface area (Å²) in [6.07, 6.45) is 3.43. The van der Waals surface area contributed by atoms with Crippen LogP contribution in [0.25, 0.3) is 0 Å². The summed E-state index contributed by atoms with van der Waals surface area (Å²) >= 11 is 0. The minimum Gasteiger partial charge on any atom is -0.491 e. The lowest BCUT2D eigenvalue weighted by Gasteiger charge is -2.25. The van der Waals surface area contributed by atoms with Gasteiger partial charge in [0.2, 0.25) is 0 Å². The van der Waals surface area contributed by atoms with Gasteiger partial charge in [0.15, 0.2) is 5.76 Å². The molecule has 0 aromatic rings. The molecule has 0 unspecified atom stereocenters. The highest BCUT2D eigenvalue weighted by atomic mass is 19.1. The molecule has 0 amide bonds. The van der Waals surface area contributed by atoms with Gasteiger partial charge >= 0.3 is 0 Å². The van der Waals surface area contributed by atoms with Crippen molar-refractivity contribution in [3.05, 3.63) is 22.7 Å². The van der Waals surface area contributed by atoms with E-state index in [1.165, 1.54) is 5.57 Å². The van der Waals surface area contributed by atoms with Crippen molar-refractivity contribution < 1.29 is 9.13 Å². The van der Waals surface area contributed by atoms with Gasteiger partial charge in [-0.25, -0.2) is 4.39 Å². The van der Waals surface area contributed by atoms with E-state index in [2.05, 4.69) is 6.92 Å². The van der Waals surface area contributed by atoms with Crippen LogP contribution in [0.15, 0.2) is 22.7 Å². The van der Waals surface area contributed by atoms with E-state index in [-0.39, 0.29) is 5.83 Å². The Bertz CT molecular complexity index is 235. The molecule has 1 aliphatic heterocycles. The Hall–Kier alpha value is -0.790. The Kier molecular flexibility index (Phi) is 1.91. The van der Waals surface area contributed by atoms with Gasteiger partial charge in [0.05, 0.1) is 6.61 Å². The van der Waals surface area contributed by atoms with Crippen molar-refractivity contribution in [3.8, 4) is 0 Å². The average Bonchev–Trinajstić information content (AvgIpc) is 2.12. The van der Waals surface area contributed by atoms with E-state index in [9.17, 15) is 4.39 Å². The second-order valence-corrected chi connectivity index (χ2v) is 3.44. The van der Waals surface area contributed by atoms with Crippen LogP contribution in [0.5, 0.6) is 0 Å². The van der Waals surface area contributed by atoms with Gasteiger partial charge < -0.3 is 4.74 Å². The molecule has 0 aromatic heterocycles. The Labute approximate surface area is 71.9 Å². The second kappa shape index (κ2) is 2.92. The highest BCUT2D eigenvalue weighted by Gasteiger charge is 2.23. The van der Waals surface area contributed by atoms with Gasteiger partial charge in [-0.05, 0) is 31.8 Å². The fourth-order valence-corrected chi connectivity index (χ4v) is 1.83. The third-order valence-electron chi connectivity index (χ3n) is 2.57. The van der Waals surface area contributed by atoms with Crippen molar-refractivity contribution in [3.63, 3.8) is 0 Å². The van der Waals surface area contributed by atoms with Gasteiger partial charge in [0, 0.05) is 6.42 Å². The van der Waals surface area contributed by atoms with Crippen LogP contribution < -0.4 is 0 Å². The lowest BCUT2D eigenvalue weighted by molar-refractivity contribution is 0.178. The zero-order valence-electron chi connectivity index (χ0n) is 7.32. The molecular weight excluding hydrogens is 155 g/mol. The van der Waals surface area contributed by atoms with Crippen LogP contribution in [-0.2, 0) is 4.74 Å². The molecule has 1 heterocycles. The zero-order chi connectivity index (χ0) is 8.55. The van der Waals surface area contributed by atoms with E-state index >= 15 is 0 Å². The molecule has 1 aliphatic carbocycles. The number of hydrogen-bond acceptors (Lipinski definition) is 1. The first-order valence-electron chi connectivity index (χ1n) is 4.49. The number of halogens is 1. The van der Waals surface area contributed by atoms with Crippen molar-refractivity contribution in [2.24, 2.45) is 0 Å². The first kappa shape index (κ1) is 7.84. The molecule has 0 spiro atoms. The van der Waals surface area contributed by atoms with Gasteiger partial charge in [-0.15, -0.1) is 0 Å². The van der Waals surface area contributed by atoms with E-state index in [0.29, 0.717) is 18.8 Å². The Morgan fingerprint density at radius 1 is 1.25 bits per heavy atom. The molecular formula is C10H13FO. The van der Waals surface area contributed by atoms with E-state index in [1.54, 1.807) is 0 Å². The van der Waals surface area contributed by atoms with Gasteiger partial charge in [0.25, 0.3) is 0 Å². The van der Waals surface area contributed by atoms with Crippen LogP contribution in [-0.4, -0.2) is 6.61 Å². The number of allylic oxidation sites excluding steroid dienone is 3. The van der Waals surface area contributed by atoms with Crippen molar-refractivity contribution in [2.75, 3.05) is 6.61 Å². The monoisotopic (exact) mass is 168 g/mol. The number of ether oxygens (including phenoxy) is 1. The predicted octanol–water partition coefficient (Wildman–Crippen LogP) is 3.09. The van der Waals surface area contributed by atoms with Crippen LogP contribution in [0.2, 0.25) is 0 Å². The number of fused-ring (bicyclic) bond motifs is 1. The topological polar surface area (TPSA) is 9.23 Å². The normalized spacial score (nSPS) is 23.8. The van der Waals surface area contributed by atoms with E-state index in [0.717, 1.165) is 24.8 Å². The fraction of sp³-hybridized carbons (Fsp3) is 0.600. The van der Waals surface area contributed by atoms with Crippen molar-refractivity contribution in [2.45, 2.75) is 32.6 Å². The summed E-state index contributed by atoms with van der Waals surface area (Å²) in [7, 11) is 0. The van der Waals surface area contributed by atoms with Gasteiger partial charge in [0.1, 0.15) is 5.83 Å². The molecule has 0 radical (unpaired) electrons. The molecule has 1 nitrogen and oxygen atoms in total. The number of hydrogen-bond donors (Lipinski definition) is 0. The summed E-state index contributed by atoms with van der Waals surface area (Å²) in [5.41, 5.74) is 2.44. The molecule has 0 N–H and O–H groups in total. The first-order valence-corrected chi connectivity index (χ1v) is 4.49. The summed E-state index contributed by atoms with van der Waals surface area (Å²) in [5.74, 6) is 0.514.